The highest BCUT2D eigenvalue weighted by molar-refractivity contribution is 7.89. The van der Waals surface area contributed by atoms with Crippen molar-refractivity contribution in [3.05, 3.63) is 59.7 Å². The van der Waals surface area contributed by atoms with E-state index in [0.717, 1.165) is 11.1 Å². The van der Waals surface area contributed by atoms with E-state index in [1.807, 2.05) is 13.8 Å². The van der Waals surface area contributed by atoms with Gasteiger partial charge in [-0.25, -0.2) is 26.3 Å². The molecule has 0 aromatic heterocycles. The minimum Gasteiger partial charge on any atom is -0.308 e. The fraction of sp³-hybridized carbons (Fsp3) is 0.478. The van der Waals surface area contributed by atoms with Gasteiger partial charge >= 0.3 is 7.60 Å². The minimum atomic E-state index is -3.74. The number of nitrogens with zero attached hydrogens (tertiary/aromatic N) is 1. The minimum absolute atomic E-state index is 0.0131. The number of hydrogen-bond acceptors (Lipinski definition) is 8. The predicted octanol–water partition coefficient (Wildman–Crippen LogP) is 3.09. The van der Waals surface area contributed by atoms with Crippen molar-refractivity contribution in [1.82, 2.24) is 14.3 Å². The molecular formula is C23H36N3O7PS2. The van der Waals surface area contributed by atoms with Gasteiger partial charge in [0, 0.05) is 26.2 Å². The van der Waals surface area contributed by atoms with Crippen LogP contribution in [0.3, 0.4) is 0 Å². The van der Waals surface area contributed by atoms with Gasteiger partial charge in [0.1, 0.15) is 6.29 Å². The lowest BCUT2D eigenvalue weighted by molar-refractivity contribution is 0.197. The Labute approximate surface area is 215 Å². The van der Waals surface area contributed by atoms with Crippen molar-refractivity contribution < 1.29 is 30.4 Å². The van der Waals surface area contributed by atoms with Gasteiger partial charge in [-0.1, -0.05) is 35.4 Å². The Kier molecular flexibility index (Phi) is 11.7. The van der Waals surface area contributed by atoms with E-state index in [2.05, 4.69) is 9.44 Å². The molecule has 0 bridgehead atoms. The highest BCUT2D eigenvalue weighted by Gasteiger charge is 2.27. The van der Waals surface area contributed by atoms with Gasteiger partial charge in [0.2, 0.25) is 20.0 Å². The summed E-state index contributed by atoms with van der Waals surface area (Å²) in [4.78, 5) is 1.93. The molecule has 0 aliphatic carbocycles. The highest BCUT2D eigenvalue weighted by Crippen LogP contribution is 2.48. The van der Waals surface area contributed by atoms with E-state index in [-0.39, 0.29) is 55.5 Å². The lowest BCUT2D eigenvalue weighted by Gasteiger charge is -2.27. The predicted molar refractivity (Wildman–Crippen MR) is 140 cm³/mol. The van der Waals surface area contributed by atoms with Crippen LogP contribution in [0.25, 0.3) is 0 Å². The summed E-state index contributed by atoms with van der Waals surface area (Å²) >= 11 is 0. The van der Waals surface area contributed by atoms with Crippen LogP contribution in [0.4, 0.5) is 0 Å². The molecule has 10 nitrogen and oxygen atoms in total. The van der Waals surface area contributed by atoms with Crippen LogP contribution in [-0.2, 0) is 33.7 Å². The molecule has 2 N–H and O–H groups in total. The van der Waals surface area contributed by atoms with E-state index >= 15 is 0 Å². The van der Waals surface area contributed by atoms with Crippen molar-refractivity contribution in [2.24, 2.45) is 0 Å². The van der Waals surface area contributed by atoms with E-state index in [9.17, 15) is 21.4 Å². The fourth-order valence-corrected chi connectivity index (χ4v) is 7.13. The fourth-order valence-electron chi connectivity index (χ4n) is 3.29. The Morgan fingerprint density at radius 1 is 0.722 bits per heavy atom. The van der Waals surface area contributed by atoms with Crippen LogP contribution >= 0.6 is 7.60 Å². The Bertz CT molecular complexity index is 1130. The molecule has 0 spiro atoms. The summed E-state index contributed by atoms with van der Waals surface area (Å²) in [6.07, 6.45) is -0.118. The standard InChI is InChI=1S/C23H36N3O7PS2/c1-5-32-34(27,33-6-2)19-26(17-15-24-35(28,29)22-11-7-20(3)8-12-22)18-16-25-36(30,31)23-13-9-21(4)10-14-23/h7-14,24-25H,5-6,15-19H2,1-4H3. The monoisotopic (exact) mass is 561 g/mol. The number of rotatable bonds is 16. The molecule has 0 heterocycles. The topological polar surface area (TPSA) is 131 Å². The van der Waals surface area contributed by atoms with E-state index < -0.39 is 27.6 Å². The van der Waals surface area contributed by atoms with E-state index in [1.165, 1.54) is 24.3 Å². The third-order valence-corrected chi connectivity index (χ3v) is 10.1. The number of hydrogen-bond donors (Lipinski definition) is 2. The van der Waals surface area contributed by atoms with E-state index in [1.54, 1.807) is 43.0 Å². The Morgan fingerprint density at radius 2 is 1.08 bits per heavy atom. The molecule has 0 saturated carbocycles. The van der Waals surface area contributed by atoms with Crippen LogP contribution in [-0.4, -0.2) is 67.4 Å². The molecule has 0 atom stereocenters. The van der Waals surface area contributed by atoms with Crippen LogP contribution in [0.15, 0.2) is 58.3 Å². The summed E-state index contributed by atoms with van der Waals surface area (Å²) in [5.41, 5.74) is 1.88. The molecule has 0 aliphatic heterocycles. The largest absolute Gasteiger partial charge is 0.344 e. The molecule has 2 aromatic carbocycles. The maximum absolute atomic E-state index is 13.1. The third-order valence-electron chi connectivity index (χ3n) is 5.13. The molecule has 2 aromatic rings. The van der Waals surface area contributed by atoms with Gasteiger partial charge in [0.15, 0.2) is 0 Å². The summed E-state index contributed by atoms with van der Waals surface area (Å²) in [6.45, 7) is 7.80. The molecule has 2 rings (SSSR count). The number of sulfonamides is 2. The molecule has 13 heteroatoms. The van der Waals surface area contributed by atoms with Crippen molar-refractivity contribution in [1.29, 1.82) is 0 Å². The highest BCUT2D eigenvalue weighted by atomic mass is 32.2. The van der Waals surface area contributed by atoms with Gasteiger partial charge in [-0.15, -0.1) is 0 Å². The number of nitrogens with one attached hydrogen (secondary N) is 2. The van der Waals surface area contributed by atoms with Gasteiger partial charge in [-0.05, 0) is 52.0 Å². The van der Waals surface area contributed by atoms with Crippen LogP contribution in [0, 0.1) is 13.8 Å². The Morgan fingerprint density at radius 3 is 1.42 bits per heavy atom. The number of aryl methyl sites for hydroxylation is 2. The smallest absolute Gasteiger partial charge is 0.308 e. The van der Waals surface area contributed by atoms with Gasteiger partial charge in [-0.3, -0.25) is 9.46 Å². The second-order valence-electron chi connectivity index (χ2n) is 8.13. The molecule has 0 fully saturated rings. The van der Waals surface area contributed by atoms with Gasteiger partial charge in [0.25, 0.3) is 0 Å². The summed E-state index contributed by atoms with van der Waals surface area (Å²) in [6, 6.07) is 12.9. The zero-order valence-corrected chi connectivity index (χ0v) is 23.7. The molecular weight excluding hydrogens is 525 g/mol. The van der Waals surface area contributed by atoms with E-state index in [4.69, 9.17) is 9.05 Å². The first kappa shape index (κ1) is 30.6. The average molecular weight is 562 g/mol. The summed E-state index contributed by atoms with van der Waals surface area (Å²) in [5.74, 6) is 0. The average Bonchev–Trinajstić information content (AvgIpc) is 2.79. The second kappa shape index (κ2) is 13.8. The van der Waals surface area contributed by atoms with Crippen molar-refractivity contribution >= 4 is 27.6 Å². The summed E-state index contributed by atoms with van der Waals surface area (Å²) in [5, 5.41) is 0. The first-order valence-corrected chi connectivity index (χ1v) is 16.3. The SMILES string of the molecule is CCOP(=O)(CN(CCNS(=O)(=O)c1ccc(C)cc1)CCNS(=O)(=O)c1ccc(C)cc1)OCC. The van der Waals surface area contributed by atoms with Crippen LogP contribution in [0.1, 0.15) is 25.0 Å². The van der Waals surface area contributed by atoms with Gasteiger partial charge in [0.05, 0.1) is 23.0 Å². The Balaban J connectivity index is 2.07. The normalized spacial score (nSPS) is 12.8. The quantitative estimate of drug-likeness (QED) is 0.299. The lowest BCUT2D eigenvalue weighted by atomic mass is 10.2. The van der Waals surface area contributed by atoms with Crippen LogP contribution < -0.4 is 9.44 Å². The maximum Gasteiger partial charge on any atom is 0.344 e. The van der Waals surface area contributed by atoms with Crippen molar-refractivity contribution in [2.45, 2.75) is 37.5 Å². The van der Waals surface area contributed by atoms with Gasteiger partial charge in [-0.2, -0.15) is 0 Å². The maximum atomic E-state index is 13.1. The van der Waals surface area contributed by atoms with Crippen molar-refractivity contribution in [2.75, 3.05) is 45.7 Å². The first-order chi connectivity index (χ1) is 16.9. The lowest BCUT2D eigenvalue weighted by Crippen LogP contribution is -2.40. The second-order valence-corrected chi connectivity index (χ2v) is 13.7. The summed E-state index contributed by atoms with van der Waals surface area (Å²) < 4.78 is 79.4. The molecule has 202 valence electrons. The molecule has 0 radical (unpaired) electrons. The van der Waals surface area contributed by atoms with Crippen LogP contribution in [0.5, 0.6) is 0 Å². The molecule has 0 unspecified atom stereocenters. The van der Waals surface area contributed by atoms with Crippen LogP contribution in [0.2, 0.25) is 0 Å². The third kappa shape index (κ3) is 9.68. The zero-order valence-electron chi connectivity index (χ0n) is 21.1. The van der Waals surface area contributed by atoms with Crippen molar-refractivity contribution in [3.8, 4) is 0 Å². The molecule has 0 saturated heterocycles. The molecule has 36 heavy (non-hydrogen) atoms. The first-order valence-electron chi connectivity index (χ1n) is 11.6. The molecule has 0 amide bonds. The van der Waals surface area contributed by atoms with E-state index in [0.29, 0.717) is 0 Å². The zero-order chi connectivity index (χ0) is 26.8. The van der Waals surface area contributed by atoms with Gasteiger partial charge < -0.3 is 9.05 Å². The molecule has 0 aliphatic rings. The number of benzene rings is 2. The van der Waals surface area contributed by atoms with Crippen molar-refractivity contribution in [3.63, 3.8) is 0 Å². The summed E-state index contributed by atoms with van der Waals surface area (Å²) in [7, 11) is -11.0. The Hall–Kier alpha value is -1.63.